The molecule has 0 saturated carbocycles. The van der Waals surface area contributed by atoms with Gasteiger partial charge in [-0.05, 0) is 42.3 Å². The molecule has 150 valence electrons. The molecule has 0 bridgehead atoms. The third-order valence-electron chi connectivity index (χ3n) is 4.83. The molecule has 1 atom stereocenters. The van der Waals surface area contributed by atoms with Crippen LogP contribution in [0.5, 0.6) is 11.5 Å². The number of aliphatic hydroxyl groups is 1. The van der Waals surface area contributed by atoms with Crippen molar-refractivity contribution in [3.8, 4) is 11.5 Å². The summed E-state index contributed by atoms with van der Waals surface area (Å²) in [5.74, 6) is 1.31. The maximum atomic E-state index is 12.9. The highest BCUT2D eigenvalue weighted by molar-refractivity contribution is 5.97. The number of amides is 1. The van der Waals surface area contributed by atoms with Crippen molar-refractivity contribution in [3.05, 3.63) is 59.2 Å². The minimum atomic E-state index is -0.225. The number of carbonyl (C=O) groups excluding carboxylic acids is 1. The lowest BCUT2D eigenvalue weighted by Crippen LogP contribution is -2.27. The summed E-state index contributed by atoms with van der Waals surface area (Å²) in [6.07, 6.45) is 0. The van der Waals surface area contributed by atoms with Crippen LogP contribution in [0.15, 0.2) is 42.5 Å². The van der Waals surface area contributed by atoms with Crippen LogP contribution in [0.3, 0.4) is 0 Å². The van der Waals surface area contributed by atoms with E-state index in [2.05, 4.69) is 16.2 Å². The van der Waals surface area contributed by atoms with Crippen LogP contribution >= 0.6 is 0 Å². The molecule has 1 amide bonds. The summed E-state index contributed by atoms with van der Waals surface area (Å²) >= 11 is 0. The van der Waals surface area contributed by atoms with E-state index in [0.29, 0.717) is 17.2 Å². The Hall–Kier alpha value is -2.61. The monoisotopic (exact) mass is 385 g/mol. The van der Waals surface area contributed by atoms with Crippen molar-refractivity contribution in [1.29, 1.82) is 0 Å². The molecule has 1 fully saturated rings. The highest BCUT2D eigenvalue weighted by atomic mass is 16.5. The van der Waals surface area contributed by atoms with E-state index in [9.17, 15) is 4.79 Å². The topological polar surface area (TPSA) is 91.9 Å². The van der Waals surface area contributed by atoms with E-state index >= 15 is 0 Å². The fourth-order valence-corrected chi connectivity index (χ4v) is 3.22. The van der Waals surface area contributed by atoms with Crippen molar-refractivity contribution in [2.75, 3.05) is 33.4 Å². The molecule has 0 spiro atoms. The molecule has 0 unspecified atom stereocenters. The van der Waals surface area contributed by atoms with Crippen molar-refractivity contribution in [1.82, 2.24) is 16.2 Å². The van der Waals surface area contributed by atoms with Gasteiger partial charge in [-0.1, -0.05) is 18.2 Å². The Bertz CT molecular complexity index is 806. The number of rotatable bonds is 8. The Morgan fingerprint density at radius 3 is 2.75 bits per heavy atom. The van der Waals surface area contributed by atoms with Crippen molar-refractivity contribution >= 4 is 5.91 Å². The standard InChI is InChI=1S/C21H27N3O4/c1-14(15-4-3-5-18(10-15)27-2)24-21(26)19-7-6-16(17-12-22-23-13-17)11-20(19)28-9-8-25/h3-7,10-11,14,17,22-23,25H,8-9,12-13H2,1-2H3,(H,24,26)/t14-/m1/s1. The van der Waals surface area contributed by atoms with E-state index < -0.39 is 0 Å². The Kier molecular flexibility index (Phi) is 6.86. The van der Waals surface area contributed by atoms with E-state index in [1.807, 2.05) is 43.3 Å². The minimum absolute atomic E-state index is 0.113. The van der Waals surface area contributed by atoms with Gasteiger partial charge in [0, 0.05) is 19.0 Å². The summed E-state index contributed by atoms with van der Waals surface area (Å²) in [4.78, 5) is 12.9. The predicted molar refractivity (Wildman–Crippen MR) is 107 cm³/mol. The molecule has 1 saturated heterocycles. The largest absolute Gasteiger partial charge is 0.497 e. The molecule has 7 nitrogen and oxygen atoms in total. The lowest BCUT2D eigenvalue weighted by Gasteiger charge is -2.18. The average molecular weight is 385 g/mol. The fourth-order valence-electron chi connectivity index (χ4n) is 3.22. The molecule has 1 aliphatic rings. The minimum Gasteiger partial charge on any atom is -0.497 e. The quantitative estimate of drug-likeness (QED) is 0.553. The van der Waals surface area contributed by atoms with Crippen LogP contribution < -0.4 is 25.6 Å². The highest BCUT2D eigenvalue weighted by Gasteiger charge is 2.21. The maximum absolute atomic E-state index is 12.9. The first-order valence-corrected chi connectivity index (χ1v) is 9.40. The van der Waals surface area contributed by atoms with Gasteiger partial charge >= 0.3 is 0 Å². The highest BCUT2D eigenvalue weighted by Crippen LogP contribution is 2.27. The van der Waals surface area contributed by atoms with Crippen LogP contribution in [0.1, 0.15) is 40.4 Å². The van der Waals surface area contributed by atoms with Gasteiger partial charge in [0.05, 0.1) is 25.3 Å². The molecular weight excluding hydrogens is 358 g/mol. The fraction of sp³-hybridized carbons (Fsp3) is 0.381. The van der Waals surface area contributed by atoms with Gasteiger partial charge in [0.2, 0.25) is 0 Å². The summed E-state index contributed by atoms with van der Waals surface area (Å²) in [7, 11) is 1.62. The van der Waals surface area contributed by atoms with Crippen LogP contribution in [-0.4, -0.2) is 44.4 Å². The SMILES string of the molecule is COc1cccc([C@@H](C)NC(=O)c2ccc(C3CNNC3)cc2OCCO)c1. The smallest absolute Gasteiger partial charge is 0.255 e. The zero-order chi connectivity index (χ0) is 19.9. The first-order chi connectivity index (χ1) is 13.6. The number of hydrazine groups is 1. The van der Waals surface area contributed by atoms with Crippen LogP contribution in [0.4, 0.5) is 0 Å². The normalized spacial score (nSPS) is 15.2. The number of benzene rings is 2. The van der Waals surface area contributed by atoms with Gasteiger partial charge in [0.1, 0.15) is 18.1 Å². The molecule has 28 heavy (non-hydrogen) atoms. The van der Waals surface area contributed by atoms with Crippen LogP contribution in [-0.2, 0) is 0 Å². The van der Waals surface area contributed by atoms with Crippen LogP contribution in [0.2, 0.25) is 0 Å². The Labute approximate surface area is 165 Å². The summed E-state index contributed by atoms with van der Waals surface area (Å²) in [6, 6.07) is 13.0. The molecule has 2 aromatic rings. The third kappa shape index (κ3) is 4.81. The number of aliphatic hydroxyl groups excluding tert-OH is 1. The number of carbonyl (C=O) groups is 1. The van der Waals surface area contributed by atoms with Gasteiger partial charge in [-0.2, -0.15) is 0 Å². The van der Waals surface area contributed by atoms with E-state index in [4.69, 9.17) is 14.6 Å². The Morgan fingerprint density at radius 1 is 1.25 bits per heavy atom. The molecule has 7 heteroatoms. The van der Waals surface area contributed by atoms with Crippen molar-refractivity contribution in [2.24, 2.45) is 0 Å². The number of nitrogens with one attached hydrogen (secondary N) is 3. The number of methoxy groups -OCH3 is 1. The van der Waals surface area contributed by atoms with Gasteiger partial charge in [-0.25, -0.2) is 0 Å². The van der Waals surface area contributed by atoms with E-state index in [-0.39, 0.29) is 25.2 Å². The second kappa shape index (κ2) is 9.54. The predicted octanol–water partition coefficient (Wildman–Crippen LogP) is 1.75. The van der Waals surface area contributed by atoms with Crippen LogP contribution in [0.25, 0.3) is 0 Å². The van der Waals surface area contributed by atoms with Crippen molar-refractivity contribution < 1.29 is 19.4 Å². The first kappa shape index (κ1) is 20.1. The second-order valence-electron chi connectivity index (χ2n) is 6.76. The van der Waals surface area contributed by atoms with Crippen molar-refractivity contribution in [3.63, 3.8) is 0 Å². The zero-order valence-electron chi connectivity index (χ0n) is 16.2. The lowest BCUT2D eigenvalue weighted by atomic mass is 9.98. The second-order valence-corrected chi connectivity index (χ2v) is 6.76. The molecule has 2 aromatic carbocycles. The maximum Gasteiger partial charge on any atom is 0.255 e. The van der Waals surface area contributed by atoms with E-state index in [0.717, 1.165) is 30.0 Å². The molecule has 4 N–H and O–H groups in total. The van der Waals surface area contributed by atoms with Gasteiger partial charge < -0.3 is 19.9 Å². The molecule has 0 radical (unpaired) electrons. The van der Waals surface area contributed by atoms with Gasteiger partial charge in [0.15, 0.2) is 0 Å². The number of hydrogen-bond acceptors (Lipinski definition) is 6. The van der Waals surface area contributed by atoms with E-state index in [1.54, 1.807) is 13.2 Å². The molecule has 1 heterocycles. The molecule has 3 rings (SSSR count). The summed E-state index contributed by atoms with van der Waals surface area (Å²) < 4.78 is 10.9. The van der Waals surface area contributed by atoms with Crippen molar-refractivity contribution in [2.45, 2.75) is 18.9 Å². The van der Waals surface area contributed by atoms with Gasteiger partial charge in [0.25, 0.3) is 5.91 Å². The molecular formula is C21H27N3O4. The van der Waals surface area contributed by atoms with Crippen LogP contribution in [0, 0.1) is 0 Å². The lowest BCUT2D eigenvalue weighted by molar-refractivity contribution is 0.0934. The number of ether oxygens (including phenoxy) is 2. The molecule has 0 aromatic heterocycles. The molecule has 1 aliphatic heterocycles. The Balaban J connectivity index is 1.78. The first-order valence-electron chi connectivity index (χ1n) is 9.40. The average Bonchev–Trinajstić information content (AvgIpc) is 3.27. The van der Waals surface area contributed by atoms with Gasteiger partial charge in [-0.3, -0.25) is 15.6 Å². The summed E-state index contributed by atoms with van der Waals surface area (Å²) in [6.45, 7) is 3.58. The summed E-state index contributed by atoms with van der Waals surface area (Å²) in [5, 5.41) is 12.1. The molecule has 0 aliphatic carbocycles. The third-order valence-corrected chi connectivity index (χ3v) is 4.83. The zero-order valence-corrected chi connectivity index (χ0v) is 16.2. The van der Waals surface area contributed by atoms with Gasteiger partial charge in [-0.15, -0.1) is 0 Å². The number of hydrogen-bond donors (Lipinski definition) is 4. The Morgan fingerprint density at radius 2 is 2.04 bits per heavy atom. The van der Waals surface area contributed by atoms with E-state index in [1.165, 1.54) is 0 Å². The summed E-state index contributed by atoms with van der Waals surface area (Å²) in [5.41, 5.74) is 8.69.